The van der Waals surface area contributed by atoms with Gasteiger partial charge in [0.1, 0.15) is 6.15 Å². The maximum Gasteiger partial charge on any atom is 0.108 e. The van der Waals surface area contributed by atoms with E-state index < -0.39 is 6.15 Å². The second kappa shape index (κ2) is 8.79. The van der Waals surface area contributed by atoms with Crippen LogP contribution in [0.5, 0.6) is 0 Å². The van der Waals surface area contributed by atoms with Crippen LogP contribution in [0.25, 0.3) is 0 Å². The molecule has 1 heteroatoms. The zero-order chi connectivity index (χ0) is 19.9. The molecule has 0 atom stereocenters. The summed E-state index contributed by atoms with van der Waals surface area (Å²) in [6.45, 7) is 3.89. The van der Waals surface area contributed by atoms with E-state index in [1.54, 1.807) is 0 Å². The van der Waals surface area contributed by atoms with Crippen molar-refractivity contribution in [2.24, 2.45) is 0 Å². The van der Waals surface area contributed by atoms with Crippen LogP contribution in [0.3, 0.4) is 0 Å². The third-order valence-corrected chi connectivity index (χ3v) is 5.99. The van der Waals surface area contributed by atoms with Gasteiger partial charge in [-0.05, 0) is 12.8 Å². The lowest BCUT2D eigenvalue weighted by molar-refractivity contribution is 1.01. The second-order valence-electron chi connectivity index (χ2n) is 7.67. The zero-order valence-corrected chi connectivity index (χ0v) is 16.7. The van der Waals surface area contributed by atoms with E-state index in [9.17, 15) is 0 Å². The normalized spacial score (nSPS) is 11.2. The predicted molar refractivity (Wildman–Crippen MR) is 129 cm³/mol. The van der Waals surface area contributed by atoms with Crippen molar-refractivity contribution >= 4 is 28.0 Å². The largest absolute Gasteiger partial charge is 0.195 e. The van der Waals surface area contributed by atoms with Gasteiger partial charge in [0, 0.05) is 0 Å². The number of rotatable bonds is 7. The Labute approximate surface area is 174 Å². The number of aryl methyl sites for hydroxylation is 1. The average Bonchev–Trinajstić information content (AvgIpc) is 2.81. The first-order valence-corrected chi connectivity index (χ1v) is 10.4. The summed E-state index contributed by atoms with van der Waals surface area (Å²) in [5.74, 6) is 0. The van der Waals surface area contributed by atoms with Crippen molar-refractivity contribution in [3.05, 3.63) is 133 Å². The Morgan fingerprint density at radius 2 is 1.00 bits per heavy atom. The van der Waals surface area contributed by atoms with Gasteiger partial charge in [-0.25, -0.2) is 0 Å². The molecular weight excluding hydrogens is 347 g/mol. The van der Waals surface area contributed by atoms with Gasteiger partial charge in [-0.15, -0.1) is 6.58 Å². The molecule has 0 nitrogen and oxygen atoms in total. The molecule has 0 saturated heterocycles. The summed E-state index contributed by atoms with van der Waals surface area (Å²) in [4.78, 5) is 0. The van der Waals surface area contributed by atoms with Gasteiger partial charge < -0.3 is 0 Å². The van der Waals surface area contributed by atoms with Crippen LogP contribution in [0.1, 0.15) is 12.0 Å². The molecule has 0 saturated carbocycles. The fraction of sp³-hybridized carbons (Fsp3) is 0.0714. The quantitative estimate of drug-likeness (QED) is 0.337. The minimum atomic E-state index is -1.28. The summed E-state index contributed by atoms with van der Waals surface area (Å²) in [6, 6.07) is 42.0. The summed E-state index contributed by atoms with van der Waals surface area (Å²) in [6.07, 6.45) is 2.72. The predicted octanol–water partition coefficient (Wildman–Crippen LogP) is 4.18. The lowest BCUT2D eigenvalue weighted by Gasteiger charge is -2.44. The Morgan fingerprint density at radius 1 is 0.552 bits per heavy atom. The highest BCUT2D eigenvalue weighted by Crippen LogP contribution is 2.11. The number of hydrogen-bond donors (Lipinski definition) is 0. The molecule has 0 fully saturated rings. The van der Waals surface area contributed by atoms with Crippen LogP contribution in [0.2, 0.25) is 0 Å². The molecule has 0 aliphatic carbocycles. The summed E-state index contributed by atoms with van der Waals surface area (Å²) >= 11 is 0. The van der Waals surface area contributed by atoms with Crippen molar-refractivity contribution in [2.75, 3.05) is 0 Å². The third-order valence-electron chi connectivity index (χ3n) is 5.99. The highest BCUT2D eigenvalue weighted by molar-refractivity contribution is 7.19. The maximum atomic E-state index is 3.89. The first kappa shape index (κ1) is 19.0. The Hall–Kier alpha value is -3.32. The van der Waals surface area contributed by atoms with Crippen molar-refractivity contribution in [1.82, 2.24) is 0 Å². The van der Waals surface area contributed by atoms with Crippen molar-refractivity contribution in [1.29, 1.82) is 0 Å². The summed E-state index contributed by atoms with van der Waals surface area (Å²) < 4.78 is 0. The molecule has 0 N–H and O–H groups in total. The van der Waals surface area contributed by atoms with E-state index in [4.69, 9.17) is 0 Å². The van der Waals surface area contributed by atoms with Crippen LogP contribution in [0.15, 0.2) is 128 Å². The van der Waals surface area contributed by atoms with Crippen LogP contribution < -0.4 is 21.9 Å². The number of hydrogen-bond acceptors (Lipinski definition) is 0. The van der Waals surface area contributed by atoms with Crippen LogP contribution in [0, 0.1) is 0 Å². The van der Waals surface area contributed by atoms with E-state index in [0.717, 1.165) is 12.8 Å². The third kappa shape index (κ3) is 3.69. The molecule has 0 amide bonds. The lowest BCUT2D eigenvalue weighted by atomic mass is 9.13. The van der Waals surface area contributed by atoms with E-state index in [1.807, 2.05) is 6.08 Å². The van der Waals surface area contributed by atoms with Gasteiger partial charge in [0.05, 0.1) is 0 Å². The van der Waals surface area contributed by atoms with E-state index >= 15 is 0 Å². The molecule has 0 radical (unpaired) electrons. The average molecular weight is 373 g/mol. The first-order valence-electron chi connectivity index (χ1n) is 10.4. The van der Waals surface area contributed by atoms with Crippen molar-refractivity contribution in [3.63, 3.8) is 0 Å². The van der Waals surface area contributed by atoms with Crippen LogP contribution in [0.4, 0.5) is 0 Å². The smallest absolute Gasteiger partial charge is 0.108 e. The van der Waals surface area contributed by atoms with Crippen LogP contribution >= 0.6 is 0 Å². The molecule has 0 aliphatic heterocycles. The summed E-state index contributed by atoms with van der Waals surface area (Å²) in [5, 5.41) is 0. The molecule has 0 aromatic heterocycles. The minimum Gasteiger partial charge on any atom is -0.195 e. The number of benzene rings is 4. The van der Waals surface area contributed by atoms with Gasteiger partial charge in [0.15, 0.2) is 0 Å². The van der Waals surface area contributed by atoms with E-state index in [0.29, 0.717) is 0 Å². The second-order valence-corrected chi connectivity index (χ2v) is 7.67. The Morgan fingerprint density at radius 3 is 1.45 bits per heavy atom. The molecule has 0 spiro atoms. The molecule has 0 unspecified atom stereocenters. The van der Waals surface area contributed by atoms with Gasteiger partial charge >= 0.3 is 0 Å². The molecule has 29 heavy (non-hydrogen) atoms. The molecule has 4 aromatic rings. The molecule has 0 heterocycles. The highest BCUT2D eigenvalue weighted by atomic mass is 14.1. The van der Waals surface area contributed by atoms with Gasteiger partial charge in [0.25, 0.3) is 0 Å². The maximum absolute atomic E-state index is 3.89. The highest BCUT2D eigenvalue weighted by Gasteiger charge is 2.31. The number of allylic oxidation sites excluding steroid dienone is 1. The lowest BCUT2D eigenvalue weighted by Crippen LogP contribution is -2.74. The van der Waals surface area contributed by atoms with Crippen molar-refractivity contribution < 1.29 is 0 Å². The fourth-order valence-electron chi connectivity index (χ4n) is 4.67. The van der Waals surface area contributed by atoms with E-state index in [2.05, 4.69) is 122 Å². The van der Waals surface area contributed by atoms with Gasteiger partial charge in [0.2, 0.25) is 0 Å². The van der Waals surface area contributed by atoms with E-state index in [1.165, 1.54) is 27.4 Å². The van der Waals surface area contributed by atoms with Gasteiger partial charge in [-0.1, -0.05) is 127 Å². The van der Waals surface area contributed by atoms with E-state index in [-0.39, 0.29) is 0 Å². The summed E-state index contributed by atoms with van der Waals surface area (Å²) in [7, 11) is 0. The monoisotopic (exact) mass is 373 g/mol. The van der Waals surface area contributed by atoms with Crippen LogP contribution in [-0.4, -0.2) is 6.15 Å². The molecule has 0 aliphatic rings. The Bertz CT molecular complexity index is 956. The van der Waals surface area contributed by atoms with Crippen molar-refractivity contribution in [3.8, 4) is 0 Å². The zero-order valence-electron chi connectivity index (χ0n) is 16.7. The van der Waals surface area contributed by atoms with Crippen LogP contribution in [-0.2, 0) is 6.42 Å². The van der Waals surface area contributed by atoms with Gasteiger partial charge in [-0.2, -0.15) is 21.9 Å². The Kier molecular flexibility index (Phi) is 5.77. The molecule has 4 rings (SSSR count). The SMILES string of the molecule is C=CCCc1cccc([B-](c2ccccc2)(c2ccccc2)c2ccccc2)c1. The fourth-order valence-corrected chi connectivity index (χ4v) is 4.67. The summed E-state index contributed by atoms with van der Waals surface area (Å²) in [5.41, 5.74) is 6.73. The Balaban J connectivity index is 2.05. The van der Waals surface area contributed by atoms with Crippen molar-refractivity contribution in [2.45, 2.75) is 12.8 Å². The molecule has 0 bridgehead atoms. The minimum absolute atomic E-state index is 0.992. The molecular formula is C28H26B-. The first-order chi connectivity index (χ1) is 14.4. The topological polar surface area (TPSA) is 0 Å². The molecule has 142 valence electrons. The standard InChI is InChI=1S/C28H26B/c1-2-3-14-24-15-13-22-28(23-24)29(25-16-7-4-8-17-25,26-18-9-5-10-19-26)27-20-11-6-12-21-27/h2,4-13,15-23H,1,3,14H2/q-1. The van der Waals surface area contributed by atoms with Gasteiger partial charge in [-0.3, -0.25) is 0 Å². The molecule has 4 aromatic carbocycles.